The van der Waals surface area contributed by atoms with Crippen molar-refractivity contribution in [2.45, 2.75) is 111 Å². The van der Waals surface area contributed by atoms with Gasteiger partial charge in [0.1, 0.15) is 12.4 Å². The van der Waals surface area contributed by atoms with Crippen molar-refractivity contribution in [3.05, 3.63) is 18.7 Å². The van der Waals surface area contributed by atoms with Crippen molar-refractivity contribution >= 4 is 7.82 Å². The molecule has 1 rings (SSSR count). The average molecular weight is 433 g/mol. The molecule has 0 bridgehead atoms. The van der Waals surface area contributed by atoms with E-state index in [1.807, 2.05) is 13.8 Å². The molecule has 0 unspecified atom stereocenters. The molecule has 0 atom stereocenters. The van der Waals surface area contributed by atoms with Crippen LogP contribution in [0, 0.1) is 0 Å². The Morgan fingerprint density at radius 3 is 1.79 bits per heavy atom. The quantitative estimate of drug-likeness (QED) is 0.182. The Hall–Kier alpha value is -0.680. The number of unbranched alkanes of at least 4 members (excludes halogenated alkanes) is 8. The van der Waals surface area contributed by atoms with Crippen molar-refractivity contribution in [3.8, 4) is 0 Å². The third-order valence-corrected chi connectivity index (χ3v) is 5.54. The molecule has 6 nitrogen and oxygen atoms in total. The van der Waals surface area contributed by atoms with Gasteiger partial charge in [-0.15, -0.1) is 0 Å². The third kappa shape index (κ3) is 17.9. The SMILES string of the molecule is CCCCCCCCCCC[n+]1ccn(CC)c1.CCCOP(=O)([O-])OCCC. The number of phosphoric ester groups is 1. The van der Waals surface area contributed by atoms with Gasteiger partial charge in [0.05, 0.1) is 26.3 Å². The van der Waals surface area contributed by atoms with Gasteiger partial charge in [0, 0.05) is 0 Å². The molecular formula is C22H45N2O4P. The van der Waals surface area contributed by atoms with Crippen LogP contribution in [0.1, 0.15) is 98.3 Å². The van der Waals surface area contributed by atoms with E-state index in [1.54, 1.807) is 0 Å². The van der Waals surface area contributed by atoms with Gasteiger partial charge in [0.25, 0.3) is 7.82 Å². The largest absolute Gasteiger partial charge is 0.756 e. The van der Waals surface area contributed by atoms with E-state index < -0.39 is 7.82 Å². The summed E-state index contributed by atoms with van der Waals surface area (Å²) in [6, 6.07) is 0. The topological polar surface area (TPSA) is 67.4 Å². The van der Waals surface area contributed by atoms with E-state index in [2.05, 4.69) is 50.8 Å². The molecule has 0 aliphatic carbocycles. The number of aromatic nitrogens is 2. The lowest BCUT2D eigenvalue weighted by atomic mass is 10.1. The van der Waals surface area contributed by atoms with Crippen molar-refractivity contribution in [2.75, 3.05) is 13.2 Å². The van der Waals surface area contributed by atoms with Gasteiger partial charge in [-0.25, -0.2) is 9.13 Å². The van der Waals surface area contributed by atoms with Gasteiger partial charge in [-0.3, -0.25) is 4.57 Å². The molecule has 0 saturated heterocycles. The number of hydrogen-bond donors (Lipinski definition) is 0. The van der Waals surface area contributed by atoms with E-state index in [-0.39, 0.29) is 13.2 Å². The summed E-state index contributed by atoms with van der Waals surface area (Å²) >= 11 is 0. The summed E-state index contributed by atoms with van der Waals surface area (Å²) in [5.41, 5.74) is 0. The second kappa shape index (κ2) is 19.3. The summed E-state index contributed by atoms with van der Waals surface area (Å²) in [5, 5.41) is 0. The molecular weight excluding hydrogens is 387 g/mol. The Labute approximate surface area is 179 Å². The lowest BCUT2D eigenvalue weighted by Crippen LogP contribution is -2.30. The summed E-state index contributed by atoms with van der Waals surface area (Å²) in [4.78, 5) is 10.7. The smallest absolute Gasteiger partial charge is 0.267 e. The molecule has 29 heavy (non-hydrogen) atoms. The molecule has 0 aliphatic heterocycles. The van der Waals surface area contributed by atoms with Gasteiger partial charge in [0.15, 0.2) is 0 Å². The van der Waals surface area contributed by atoms with E-state index in [0.717, 1.165) is 6.54 Å². The van der Waals surface area contributed by atoms with Crippen molar-refractivity contribution in [1.82, 2.24) is 4.57 Å². The highest BCUT2D eigenvalue weighted by atomic mass is 31.2. The Morgan fingerprint density at radius 2 is 1.34 bits per heavy atom. The first-order chi connectivity index (χ1) is 14.0. The highest BCUT2D eigenvalue weighted by Gasteiger charge is 2.06. The lowest BCUT2D eigenvalue weighted by molar-refractivity contribution is -0.696. The van der Waals surface area contributed by atoms with Crippen LogP contribution in [0.15, 0.2) is 18.7 Å². The van der Waals surface area contributed by atoms with E-state index in [4.69, 9.17) is 0 Å². The molecule has 0 fully saturated rings. The minimum atomic E-state index is -3.98. The molecule has 0 saturated carbocycles. The summed E-state index contributed by atoms with van der Waals surface area (Å²) in [6.45, 7) is 10.8. The van der Waals surface area contributed by atoms with Crippen molar-refractivity contribution in [3.63, 3.8) is 0 Å². The monoisotopic (exact) mass is 432 g/mol. The van der Waals surface area contributed by atoms with Gasteiger partial charge < -0.3 is 13.9 Å². The molecule has 0 N–H and O–H groups in total. The number of phosphoric acid groups is 1. The van der Waals surface area contributed by atoms with Crippen LogP contribution < -0.4 is 9.46 Å². The second-order valence-corrected chi connectivity index (χ2v) is 8.83. The molecule has 1 aromatic rings. The number of nitrogens with zero attached hydrogens (tertiary/aromatic N) is 2. The van der Waals surface area contributed by atoms with Crippen LogP contribution in [0.25, 0.3) is 0 Å². The molecule has 1 heterocycles. The molecule has 0 spiro atoms. The zero-order valence-corrected chi connectivity index (χ0v) is 20.2. The Kier molecular flexibility index (Phi) is 18.8. The Bertz CT molecular complexity index is 511. The second-order valence-electron chi connectivity index (χ2n) is 7.42. The van der Waals surface area contributed by atoms with Gasteiger partial charge in [0.2, 0.25) is 6.33 Å². The van der Waals surface area contributed by atoms with Crippen molar-refractivity contribution < 1.29 is 23.1 Å². The molecule has 0 amide bonds. The van der Waals surface area contributed by atoms with E-state index >= 15 is 0 Å². The average Bonchev–Trinajstić information content (AvgIpc) is 3.18. The van der Waals surface area contributed by atoms with Gasteiger partial charge in [-0.05, 0) is 32.6 Å². The van der Waals surface area contributed by atoms with Crippen LogP contribution >= 0.6 is 7.82 Å². The Morgan fingerprint density at radius 1 is 0.828 bits per heavy atom. The summed E-state index contributed by atoms with van der Waals surface area (Å²) < 4.78 is 24.2. The lowest BCUT2D eigenvalue weighted by Gasteiger charge is -2.21. The Balaban J connectivity index is 0.000000614. The highest BCUT2D eigenvalue weighted by molar-refractivity contribution is 7.45. The first-order valence-corrected chi connectivity index (χ1v) is 13.1. The predicted octanol–water partition coefficient (Wildman–Crippen LogP) is 5.63. The predicted molar refractivity (Wildman–Crippen MR) is 118 cm³/mol. The summed E-state index contributed by atoms with van der Waals surface area (Å²) in [5.74, 6) is 0. The molecule has 0 radical (unpaired) electrons. The first kappa shape index (κ1) is 28.3. The first-order valence-electron chi connectivity index (χ1n) is 11.6. The molecule has 7 heteroatoms. The maximum atomic E-state index is 10.7. The van der Waals surface area contributed by atoms with Crippen LogP contribution in [0.4, 0.5) is 0 Å². The number of aryl methyl sites for hydroxylation is 2. The number of imidazole rings is 1. The van der Waals surface area contributed by atoms with Gasteiger partial charge >= 0.3 is 0 Å². The van der Waals surface area contributed by atoms with Gasteiger partial charge in [-0.1, -0.05) is 65.7 Å². The zero-order valence-electron chi connectivity index (χ0n) is 19.3. The van der Waals surface area contributed by atoms with E-state index in [9.17, 15) is 9.46 Å². The summed E-state index contributed by atoms with van der Waals surface area (Å²) in [7, 11) is -3.98. The standard InChI is InChI=1S/C16H31N2.C6H15O4P/c1-3-5-6-7-8-9-10-11-12-13-18-15-14-17(4-2)16-18;1-3-5-9-11(7,8)10-6-4-2/h14-16H,3-13H2,1-2H3;3-6H2,1-2H3,(H,7,8)/q+1;/p-1. The van der Waals surface area contributed by atoms with Crippen LogP contribution in [-0.2, 0) is 26.7 Å². The highest BCUT2D eigenvalue weighted by Crippen LogP contribution is 2.38. The minimum Gasteiger partial charge on any atom is -0.756 e. The molecule has 0 aromatic carbocycles. The molecule has 172 valence electrons. The van der Waals surface area contributed by atoms with Gasteiger partial charge in [-0.2, -0.15) is 0 Å². The fourth-order valence-electron chi connectivity index (χ4n) is 2.81. The van der Waals surface area contributed by atoms with Crippen LogP contribution in [-0.4, -0.2) is 17.8 Å². The third-order valence-electron chi connectivity index (χ3n) is 4.54. The minimum absolute atomic E-state index is 0.199. The normalized spacial score (nSPS) is 11.3. The van der Waals surface area contributed by atoms with Crippen molar-refractivity contribution in [2.24, 2.45) is 0 Å². The fourth-order valence-corrected chi connectivity index (χ4v) is 3.69. The van der Waals surface area contributed by atoms with Crippen LogP contribution in [0.5, 0.6) is 0 Å². The summed E-state index contributed by atoms with van der Waals surface area (Å²) in [6.07, 6.45) is 20.6. The van der Waals surface area contributed by atoms with Crippen LogP contribution in [0.2, 0.25) is 0 Å². The fraction of sp³-hybridized carbons (Fsp3) is 0.864. The van der Waals surface area contributed by atoms with E-state index in [1.165, 1.54) is 64.3 Å². The number of rotatable bonds is 17. The maximum Gasteiger partial charge on any atom is 0.267 e. The number of hydrogen-bond acceptors (Lipinski definition) is 4. The zero-order chi connectivity index (χ0) is 21.8. The van der Waals surface area contributed by atoms with Crippen molar-refractivity contribution in [1.29, 1.82) is 0 Å². The molecule has 1 aromatic heterocycles. The molecule has 0 aliphatic rings. The van der Waals surface area contributed by atoms with Crippen LogP contribution in [0.3, 0.4) is 0 Å². The maximum absolute atomic E-state index is 10.7. The van der Waals surface area contributed by atoms with E-state index in [0.29, 0.717) is 12.8 Å².